The van der Waals surface area contributed by atoms with Crippen molar-refractivity contribution in [2.24, 2.45) is 0 Å². The summed E-state index contributed by atoms with van der Waals surface area (Å²) < 4.78 is 24.3. The van der Waals surface area contributed by atoms with Crippen LogP contribution in [0.3, 0.4) is 0 Å². The SMILES string of the molecule is CN1CCC2(CC1)CS(=O)(=O)c1cnccc12. The van der Waals surface area contributed by atoms with E-state index in [0.29, 0.717) is 4.90 Å². The van der Waals surface area contributed by atoms with Crippen LogP contribution in [0.2, 0.25) is 0 Å². The highest BCUT2D eigenvalue weighted by Crippen LogP contribution is 2.45. The predicted octanol–water partition coefficient (Wildman–Crippen LogP) is 0.832. The van der Waals surface area contributed by atoms with Crippen molar-refractivity contribution >= 4 is 9.84 Å². The number of aromatic nitrogens is 1. The maximum atomic E-state index is 12.2. The monoisotopic (exact) mass is 252 g/mol. The third-order valence-electron chi connectivity index (χ3n) is 4.10. The molecule has 17 heavy (non-hydrogen) atoms. The Morgan fingerprint density at radius 1 is 1.35 bits per heavy atom. The summed E-state index contributed by atoms with van der Waals surface area (Å²) >= 11 is 0. The fraction of sp³-hybridized carbons (Fsp3) is 0.583. The maximum absolute atomic E-state index is 12.2. The first-order chi connectivity index (χ1) is 8.04. The van der Waals surface area contributed by atoms with Crippen LogP contribution in [-0.4, -0.2) is 44.2 Å². The number of fused-ring (bicyclic) bond motifs is 2. The lowest BCUT2D eigenvalue weighted by molar-refractivity contribution is 0.203. The highest BCUT2D eigenvalue weighted by Gasteiger charge is 2.48. The smallest absolute Gasteiger partial charge is 0.181 e. The zero-order valence-electron chi connectivity index (χ0n) is 9.89. The second-order valence-corrected chi connectivity index (χ2v) is 7.17. The molecule has 3 heterocycles. The molecule has 2 aliphatic rings. The number of piperidine rings is 1. The zero-order chi connectivity index (χ0) is 12.1. The Hall–Kier alpha value is -0.940. The van der Waals surface area contributed by atoms with Crippen LogP contribution in [0, 0.1) is 0 Å². The van der Waals surface area contributed by atoms with Gasteiger partial charge in [0.15, 0.2) is 9.84 Å². The summed E-state index contributed by atoms with van der Waals surface area (Å²) in [6, 6.07) is 1.89. The van der Waals surface area contributed by atoms with Gasteiger partial charge in [-0.05, 0) is 44.6 Å². The van der Waals surface area contributed by atoms with Crippen molar-refractivity contribution in [2.75, 3.05) is 25.9 Å². The molecule has 0 aliphatic carbocycles. The van der Waals surface area contributed by atoms with Gasteiger partial charge in [-0.15, -0.1) is 0 Å². The van der Waals surface area contributed by atoms with Crippen molar-refractivity contribution in [3.05, 3.63) is 24.0 Å². The average Bonchev–Trinajstić information content (AvgIpc) is 2.53. The van der Waals surface area contributed by atoms with E-state index in [1.165, 1.54) is 6.20 Å². The second-order valence-electron chi connectivity index (χ2n) is 5.21. The number of pyridine rings is 1. The van der Waals surface area contributed by atoms with Crippen LogP contribution in [-0.2, 0) is 15.3 Å². The Labute approximate surface area is 102 Å². The minimum atomic E-state index is -3.11. The minimum absolute atomic E-state index is 0.149. The van der Waals surface area contributed by atoms with Crippen LogP contribution in [0.15, 0.2) is 23.4 Å². The van der Waals surface area contributed by atoms with Gasteiger partial charge in [0.1, 0.15) is 0 Å². The van der Waals surface area contributed by atoms with Gasteiger partial charge < -0.3 is 4.90 Å². The zero-order valence-corrected chi connectivity index (χ0v) is 10.7. The van der Waals surface area contributed by atoms with Crippen LogP contribution >= 0.6 is 0 Å². The molecule has 1 aromatic rings. The molecule has 0 saturated carbocycles. The van der Waals surface area contributed by atoms with Gasteiger partial charge in [0.05, 0.1) is 10.6 Å². The van der Waals surface area contributed by atoms with E-state index in [0.717, 1.165) is 31.5 Å². The second kappa shape index (κ2) is 3.53. The maximum Gasteiger partial charge on any atom is 0.181 e. The fourth-order valence-corrected chi connectivity index (χ4v) is 5.21. The molecule has 0 bridgehead atoms. The Kier molecular flexibility index (Phi) is 2.32. The van der Waals surface area contributed by atoms with Gasteiger partial charge in [-0.3, -0.25) is 4.98 Å². The number of rotatable bonds is 0. The number of nitrogens with zero attached hydrogens (tertiary/aromatic N) is 2. The number of sulfone groups is 1. The van der Waals surface area contributed by atoms with Crippen LogP contribution in [0.5, 0.6) is 0 Å². The Balaban J connectivity index is 2.11. The highest BCUT2D eigenvalue weighted by atomic mass is 32.2. The van der Waals surface area contributed by atoms with E-state index in [1.807, 2.05) is 6.07 Å². The summed E-state index contributed by atoms with van der Waals surface area (Å²) in [5.41, 5.74) is 0.851. The molecule has 5 heteroatoms. The van der Waals surface area contributed by atoms with E-state index in [4.69, 9.17) is 0 Å². The number of hydrogen-bond acceptors (Lipinski definition) is 4. The Morgan fingerprint density at radius 2 is 2.06 bits per heavy atom. The summed E-state index contributed by atoms with van der Waals surface area (Å²) in [5.74, 6) is 0.273. The summed E-state index contributed by atoms with van der Waals surface area (Å²) in [6.45, 7) is 1.94. The van der Waals surface area contributed by atoms with Gasteiger partial charge in [0.2, 0.25) is 0 Å². The molecular formula is C12H16N2O2S. The molecular weight excluding hydrogens is 236 g/mol. The first-order valence-electron chi connectivity index (χ1n) is 5.89. The predicted molar refractivity (Wildman–Crippen MR) is 64.7 cm³/mol. The topological polar surface area (TPSA) is 50.3 Å². The minimum Gasteiger partial charge on any atom is -0.306 e. The van der Waals surface area contributed by atoms with Crippen molar-refractivity contribution in [1.29, 1.82) is 0 Å². The van der Waals surface area contributed by atoms with E-state index in [9.17, 15) is 8.42 Å². The largest absolute Gasteiger partial charge is 0.306 e. The standard InChI is InChI=1S/C12H16N2O2S/c1-14-6-3-12(4-7-14)9-17(15,16)11-8-13-5-2-10(11)12/h2,5,8H,3-4,6-7,9H2,1H3. The van der Waals surface area contributed by atoms with Crippen molar-refractivity contribution in [3.8, 4) is 0 Å². The summed E-state index contributed by atoms with van der Waals surface area (Å²) in [7, 11) is -1.03. The van der Waals surface area contributed by atoms with Gasteiger partial charge in [0, 0.05) is 17.8 Å². The van der Waals surface area contributed by atoms with Crippen molar-refractivity contribution < 1.29 is 8.42 Å². The van der Waals surface area contributed by atoms with Crippen molar-refractivity contribution in [2.45, 2.75) is 23.2 Å². The molecule has 3 rings (SSSR count). The number of likely N-dealkylation sites (tertiary alicyclic amines) is 1. The molecule has 1 saturated heterocycles. The third-order valence-corrected chi connectivity index (χ3v) is 6.03. The quantitative estimate of drug-likeness (QED) is 0.686. The molecule has 0 aromatic carbocycles. The van der Waals surface area contributed by atoms with E-state index in [-0.39, 0.29) is 11.2 Å². The molecule has 0 N–H and O–H groups in total. The molecule has 1 fully saturated rings. The van der Waals surface area contributed by atoms with E-state index in [1.54, 1.807) is 6.20 Å². The molecule has 0 amide bonds. The van der Waals surface area contributed by atoms with Gasteiger partial charge in [0.25, 0.3) is 0 Å². The highest BCUT2D eigenvalue weighted by molar-refractivity contribution is 7.91. The molecule has 92 valence electrons. The average molecular weight is 252 g/mol. The van der Waals surface area contributed by atoms with Crippen LogP contribution in [0.25, 0.3) is 0 Å². The Bertz CT molecular complexity index is 545. The van der Waals surface area contributed by atoms with Gasteiger partial charge >= 0.3 is 0 Å². The Morgan fingerprint density at radius 3 is 2.76 bits per heavy atom. The molecule has 1 spiro atoms. The normalized spacial score (nSPS) is 25.9. The van der Waals surface area contributed by atoms with Gasteiger partial charge in [-0.25, -0.2) is 8.42 Å². The van der Waals surface area contributed by atoms with Crippen LogP contribution < -0.4 is 0 Å². The van der Waals surface area contributed by atoms with Crippen LogP contribution in [0.1, 0.15) is 18.4 Å². The molecule has 4 nitrogen and oxygen atoms in total. The summed E-state index contributed by atoms with van der Waals surface area (Å²) in [6.07, 6.45) is 5.08. The first kappa shape index (κ1) is 11.2. The van der Waals surface area contributed by atoms with Gasteiger partial charge in [-0.2, -0.15) is 0 Å². The lowest BCUT2D eigenvalue weighted by Gasteiger charge is -2.37. The molecule has 0 atom stereocenters. The lowest BCUT2D eigenvalue weighted by atomic mass is 9.75. The molecule has 0 unspecified atom stereocenters. The van der Waals surface area contributed by atoms with Crippen molar-refractivity contribution in [1.82, 2.24) is 9.88 Å². The molecule has 1 aromatic heterocycles. The van der Waals surface area contributed by atoms with Crippen molar-refractivity contribution in [3.63, 3.8) is 0 Å². The first-order valence-corrected chi connectivity index (χ1v) is 7.55. The van der Waals surface area contributed by atoms with E-state index >= 15 is 0 Å². The fourth-order valence-electron chi connectivity index (χ4n) is 3.05. The molecule has 2 aliphatic heterocycles. The van der Waals surface area contributed by atoms with E-state index in [2.05, 4.69) is 16.9 Å². The summed E-state index contributed by atoms with van der Waals surface area (Å²) in [5, 5.41) is 0. The summed E-state index contributed by atoms with van der Waals surface area (Å²) in [4.78, 5) is 6.68. The van der Waals surface area contributed by atoms with E-state index < -0.39 is 9.84 Å². The van der Waals surface area contributed by atoms with Gasteiger partial charge in [-0.1, -0.05) is 0 Å². The van der Waals surface area contributed by atoms with Crippen LogP contribution in [0.4, 0.5) is 0 Å². The lowest BCUT2D eigenvalue weighted by Crippen LogP contribution is -2.41. The third kappa shape index (κ3) is 1.60. The molecule has 0 radical (unpaired) electrons. The number of hydrogen-bond donors (Lipinski definition) is 0.